The van der Waals surface area contributed by atoms with Crippen LogP contribution >= 0.6 is 23.4 Å². The fourth-order valence-corrected chi connectivity index (χ4v) is 4.46. The van der Waals surface area contributed by atoms with Crippen molar-refractivity contribution in [3.8, 4) is 11.5 Å². The van der Waals surface area contributed by atoms with Gasteiger partial charge in [0.05, 0.1) is 35.3 Å². The number of carbonyl (C=O) groups is 4. The van der Waals surface area contributed by atoms with Crippen LogP contribution in [-0.2, 0) is 14.3 Å². The molecule has 1 N–H and O–H groups in total. The van der Waals surface area contributed by atoms with Gasteiger partial charge in [0, 0.05) is 5.69 Å². The molecular weight excluding hydrogens is 532 g/mol. The van der Waals surface area contributed by atoms with E-state index in [0.717, 1.165) is 29.5 Å². The number of rotatable bonds is 12. The minimum Gasteiger partial charge on any atom is -0.490 e. The number of hydrogen-bond acceptors (Lipinski definition) is 8. The molecule has 3 rings (SSSR count). The van der Waals surface area contributed by atoms with Gasteiger partial charge in [0.25, 0.3) is 11.1 Å². The van der Waals surface area contributed by atoms with E-state index < -0.39 is 29.6 Å². The van der Waals surface area contributed by atoms with Crippen LogP contribution in [0.2, 0.25) is 5.02 Å². The Labute approximate surface area is 230 Å². The lowest BCUT2D eigenvalue weighted by Gasteiger charge is -2.13. The third-order valence-electron chi connectivity index (χ3n) is 5.24. The summed E-state index contributed by atoms with van der Waals surface area (Å²) in [5, 5.41) is 2.18. The minimum absolute atomic E-state index is 0.0913. The van der Waals surface area contributed by atoms with Crippen LogP contribution in [0, 0.1) is 0 Å². The SMILES string of the molecule is CCCCOc1ccc(/C=C2\SC(=O)N(CC(=O)Nc3ccc(Cl)c(C(=O)OCC)c3)C2=O)cc1OCC. The number of carbonyl (C=O) groups excluding carboxylic acids is 4. The van der Waals surface area contributed by atoms with Crippen molar-refractivity contribution >= 4 is 58.1 Å². The molecule has 38 heavy (non-hydrogen) atoms. The predicted molar refractivity (Wildman–Crippen MR) is 147 cm³/mol. The van der Waals surface area contributed by atoms with Crippen LogP contribution < -0.4 is 14.8 Å². The summed E-state index contributed by atoms with van der Waals surface area (Å²) in [6, 6.07) is 9.60. The number of nitrogens with one attached hydrogen (secondary N) is 1. The lowest BCUT2D eigenvalue weighted by molar-refractivity contribution is -0.127. The van der Waals surface area contributed by atoms with Crippen LogP contribution in [0.4, 0.5) is 10.5 Å². The summed E-state index contributed by atoms with van der Waals surface area (Å²) in [5.74, 6) is -0.674. The number of nitrogens with zero attached hydrogens (tertiary/aromatic N) is 1. The number of halogens is 1. The van der Waals surface area contributed by atoms with Crippen LogP contribution in [0.25, 0.3) is 6.08 Å². The van der Waals surface area contributed by atoms with Crippen LogP contribution in [0.1, 0.15) is 49.5 Å². The van der Waals surface area contributed by atoms with Crippen molar-refractivity contribution in [2.45, 2.75) is 33.6 Å². The molecule has 0 aromatic heterocycles. The second kappa shape index (κ2) is 13.9. The number of ether oxygens (including phenoxy) is 3. The average Bonchev–Trinajstić information content (AvgIpc) is 3.14. The molecule has 1 saturated heterocycles. The molecule has 1 aliphatic heterocycles. The molecule has 3 amide bonds. The van der Waals surface area contributed by atoms with Crippen molar-refractivity contribution in [3.05, 3.63) is 57.5 Å². The first-order valence-corrected chi connectivity index (χ1v) is 13.4. The maximum absolute atomic E-state index is 12.9. The third-order valence-corrected chi connectivity index (χ3v) is 6.48. The number of esters is 1. The van der Waals surface area contributed by atoms with Gasteiger partial charge in [0.15, 0.2) is 11.5 Å². The molecular formula is C27H29ClN2O7S. The van der Waals surface area contributed by atoms with Gasteiger partial charge in [-0.15, -0.1) is 0 Å². The fraction of sp³-hybridized carbons (Fsp3) is 0.333. The predicted octanol–water partition coefficient (Wildman–Crippen LogP) is 5.77. The van der Waals surface area contributed by atoms with Crippen LogP contribution in [0.15, 0.2) is 41.3 Å². The van der Waals surface area contributed by atoms with Gasteiger partial charge in [-0.2, -0.15) is 0 Å². The van der Waals surface area contributed by atoms with Crippen LogP contribution in [0.5, 0.6) is 11.5 Å². The van der Waals surface area contributed by atoms with Gasteiger partial charge in [-0.25, -0.2) is 4.79 Å². The summed E-state index contributed by atoms with van der Waals surface area (Å²) in [7, 11) is 0. The number of anilines is 1. The molecule has 0 saturated carbocycles. The zero-order chi connectivity index (χ0) is 27.7. The maximum Gasteiger partial charge on any atom is 0.339 e. The smallest absolute Gasteiger partial charge is 0.339 e. The Kier molecular flexibility index (Phi) is 10.6. The molecule has 0 radical (unpaired) electrons. The number of hydrogen-bond donors (Lipinski definition) is 1. The van der Waals surface area contributed by atoms with Crippen LogP contribution in [0.3, 0.4) is 0 Å². The van der Waals surface area contributed by atoms with Gasteiger partial charge >= 0.3 is 5.97 Å². The standard InChI is InChI=1S/C27H29ClN2O7S/c1-4-7-12-37-21-11-8-17(13-22(21)35-5-2)14-23-25(32)30(27(34)38-23)16-24(31)29-18-9-10-20(28)19(15-18)26(33)36-6-3/h8-11,13-15H,4-7,12,16H2,1-3H3,(H,29,31)/b23-14-. The lowest BCUT2D eigenvalue weighted by atomic mass is 10.2. The molecule has 0 atom stereocenters. The summed E-state index contributed by atoms with van der Waals surface area (Å²) >= 11 is 6.80. The van der Waals surface area contributed by atoms with E-state index >= 15 is 0 Å². The van der Waals surface area contributed by atoms with Gasteiger partial charge < -0.3 is 19.5 Å². The Morgan fingerprint density at radius 2 is 1.82 bits per heavy atom. The number of benzene rings is 2. The van der Waals surface area contributed by atoms with Crippen molar-refractivity contribution in [3.63, 3.8) is 0 Å². The van der Waals surface area contributed by atoms with E-state index in [4.69, 9.17) is 25.8 Å². The van der Waals surface area contributed by atoms with E-state index in [2.05, 4.69) is 12.2 Å². The number of amides is 3. The zero-order valence-corrected chi connectivity index (χ0v) is 22.9. The van der Waals surface area contributed by atoms with E-state index in [1.165, 1.54) is 18.2 Å². The molecule has 1 aliphatic rings. The number of unbranched alkanes of at least 4 members (excludes halogenated alkanes) is 1. The maximum atomic E-state index is 12.9. The molecule has 0 aliphatic carbocycles. The van der Waals surface area contributed by atoms with Gasteiger partial charge in [0.1, 0.15) is 6.54 Å². The fourth-order valence-electron chi connectivity index (χ4n) is 3.43. The highest BCUT2D eigenvalue weighted by atomic mass is 35.5. The Bertz CT molecular complexity index is 1250. The molecule has 202 valence electrons. The van der Waals surface area contributed by atoms with E-state index in [1.54, 1.807) is 31.2 Å². The quantitative estimate of drug-likeness (QED) is 0.198. The summed E-state index contributed by atoms with van der Waals surface area (Å²) in [6.45, 7) is 6.28. The second-order valence-electron chi connectivity index (χ2n) is 8.07. The minimum atomic E-state index is -0.627. The van der Waals surface area contributed by atoms with Gasteiger partial charge in [-0.05, 0) is 74.0 Å². The monoisotopic (exact) mass is 560 g/mol. The highest BCUT2D eigenvalue weighted by Crippen LogP contribution is 2.35. The molecule has 9 nitrogen and oxygen atoms in total. The number of imide groups is 1. The molecule has 0 bridgehead atoms. The summed E-state index contributed by atoms with van der Waals surface area (Å²) < 4.78 is 16.4. The van der Waals surface area contributed by atoms with Gasteiger partial charge in [-0.1, -0.05) is 31.0 Å². The zero-order valence-electron chi connectivity index (χ0n) is 21.4. The normalized spacial score (nSPS) is 14.1. The van der Waals surface area contributed by atoms with Gasteiger partial charge in [0.2, 0.25) is 5.91 Å². The molecule has 0 unspecified atom stereocenters. The Morgan fingerprint density at radius 3 is 2.53 bits per heavy atom. The van der Waals surface area contributed by atoms with Crippen molar-refractivity contribution < 1.29 is 33.4 Å². The Morgan fingerprint density at radius 1 is 1.03 bits per heavy atom. The highest BCUT2D eigenvalue weighted by molar-refractivity contribution is 8.18. The van der Waals surface area contributed by atoms with E-state index in [0.29, 0.717) is 30.3 Å². The summed E-state index contributed by atoms with van der Waals surface area (Å²) in [5.41, 5.74) is 1.02. The van der Waals surface area contributed by atoms with Crippen molar-refractivity contribution in [2.75, 3.05) is 31.7 Å². The van der Waals surface area contributed by atoms with E-state index in [1.807, 2.05) is 6.92 Å². The Hall–Kier alpha value is -3.50. The average molecular weight is 561 g/mol. The van der Waals surface area contributed by atoms with E-state index in [9.17, 15) is 19.2 Å². The van der Waals surface area contributed by atoms with E-state index in [-0.39, 0.29) is 27.8 Å². The second-order valence-corrected chi connectivity index (χ2v) is 9.47. The van der Waals surface area contributed by atoms with Gasteiger partial charge in [-0.3, -0.25) is 19.3 Å². The van der Waals surface area contributed by atoms with Crippen molar-refractivity contribution in [2.24, 2.45) is 0 Å². The first-order valence-electron chi connectivity index (χ1n) is 12.2. The summed E-state index contributed by atoms with van der Waals surface area (Å²) in [6.07, 6.45) is 3.49. The highest BCUT2D eigenvalue weighted by Gasteiger charge is 2.36. The molecule has 1 heterocycles. The molecule has 1 fully saturated rings. The summed E-state index contributed by atoms with van der Waals surface area (Å²) in [4.78, 5) is 51.2. The first kappa shape index (κ1) is 29.1. The topological polar surface area (TPSA) is 111 Å². The number of thioether (sulfide) groups is 1. The molecule has 11 heteroatoms. The Balaban J connectivity index is 1.70. The molecule has 2 aromatic carbocycles. The molecule has 2 aromatic rings. The largest absolute Gasteiger partial charge is 0.490 e. The third kappa shape index (κ3) is 7.52. The first-order chi connectivity index (χ1) is 18.3. The molecule has 0 spiro atoms. The lowest BCUT2D eigenvalue weighted by Crippen LogP contribution is -2.36. The van der Waals surface area contributed by atoms with Crippen molar-refractivity contribution in [1.82, 2.24) is 4.90 Å². The van der Waals surface area contributed by atoms with Crippen LogP contribution in [-0.4, -0.2) is 54.3 Å². The van der Waals surface area contributed by atoms with Crippen molar-refractivity contribution in [1.29, 1.82) is 0 Å².